The number of hydrogen-bond donors (Lipinski definition) is 2. The molecule has 16 heavy (non-hydrogen) atoms. The topological polar surface area (TPSA) is 52.0 Å². The van der Waals surface area contributed by atoms with Gasteiger partial charge >= 0.3 is 6.18 Å². The first-order chi connectivity index (χ1) is 6.88. The number of hydrogen-bond acceptors (Lipinski definition) is 2. The minimum Gasteiger partial charge on any atom is -0.329 e. The summed E-state index contributed by atoms with van der Waals surface area (Å²) in [7, 11) is 0. The second-order valence-electron chi connectivity index (χ2n) is 3.04. The zero-order valence-electron chi connectivity index (χ0n) is 8.09. The Morgan fingerprint density at radius 1 is 1.25 bits per heavy atom. The Balaban J connectivity index is 0.00000225. The summed E-state index contributed by atoms with van der Waals surface area (Å²) in [5.74, 6) is -1.33. The second kappa shape index (κ2) is 5.47. The molecule has 7 heteroatoms. The van der Waals surface area contributed by atoms with Crippen molar-refractivity contribution in [3.63, 3.8) is 0 Å². The first-order valence-electron chi connectivity index (χ1n) is 4.19. The molecule has 0 amide bonds. The van der Waals surface area contributed by atoms with Gasteiger partial charge in [-0.2, -0.15) is 13.2 Å². The number of alkyl halides is 3. The van der Waals surface area contributed by atoms with Crippen molar-refractivity contribution >= 4 is 12.4 Å². The molecule has 0 aliphatic heterocycles. The van der Waals surface area contributed by atoms with Crippen LogP contribution in [0.3, 0.4) is 0 Å². The van der Waals surface area contributed by atoms with Gasteiger partial charge in [0.05, 0.1) is 5.56 Å². The molecule has 0 radical (unpaired) electrons. The quantitative estimate of drug-likeness (QED) is 0.799. The molecule has 0 aliphatic rings. The third-order valence-electron chi connectivity index (χ3n) is 1.98. The summed E-state index contributed by atoms with van der Waals surface area (Å²) in [5.41, 5.74) is 8.88. The highest BCUT2D eigenvalue weighted by Gasteiger charge is 2.37. The van der Waals surface area contributed by atoms with Crippen LogP contribution in [-0.2, 0) is 6.18 Å². The second-order valence-corrected chi connectivity index (χ2v) is 3.04. The molecular weight excluding hydrogens is 248 g/mol. The lowest BCUT2D eigenvalue weighted by atomic mass is 10.00. The number of rotatable bonds is 2. The van der Waals surface area contributed by atoms with Gasteiger partial charge in [-0.25, -0.2) is 4.39 Å². The van der Waals surface area contributed by atoms with E-state index in [1.54, 1.807) is 0 Å². The molecule has 0 saturated heterocycles. The highest BCUT2D eigenvalue weighted by atomic mass is 35.5. The normalized spacial score (nSPS) is 13.1. The van der Waals surface area contributed by atoms with Crippen LogP contribution in [0, 0.1) is 5.82 Å². The molecule has 1 atom stereocenters. The van der Waals surface area contributed by atoms with Crippen molar-refractivity contribution in [1.29, 1.82) is 0 Å². The molecule has 0 bridgehead atoms. The van der Waals surface area contributed by atoms with Crippen LogP contribution in [-0.4, -0.2) is 6.54 Å². The van der Waals surface area contributed by atoms with Crippen LogP contribution in [0.2, 0.25) is 0 Å². The summed E-state index contributed by atoms with van der Waals surface area (Å²) in [6.45, 7) is -0.174. The van der Waals surface area contributed by atoms with Crippen molar-refractivity contribution < 1.29 is 17.6 Å². The summed E-state index contributed by atoms with van der Waals surface area (Å²) in [5, 5.41) is 0. The zero-order chi connectivity index (χ0) is 11.6. The fourth-order valence-corrected chi connectivity index (χ4v) is 1.28. The maximum absolute atomic E-state index is 13.0. The maximum Gasteiger partial charge on any atom is 0.419 e. The van der Waals surface area contributed by atoms with E-state index in [1.165, 1.54) is 6.07 Å². The van der Waals surface area contributed by atoms with Crippen LogP contribution < -0.4 is 11.5 Å². The third kappa shape index (κ3) is 3.07. The molecule has 92 valence electrons. The van der Waals surface area contributed by atoms with E-state index in [0.29, 0.717) is 0 Å². The van der Waals surface area contributed by atoms with Crippen LogP contribution in [0.4, 0.5) is 17.6 Å². The highest BCUT2D eigenvalue weighted by molar-refractivity contribution is 5.85. The van der Waals surface area contributed by atoms with Crippen LogP contribution in [0.5, 0.6) is 0 Å². The average Bonchev–Trinajstić information content (AvgIpc) is 2.14. The van der Waals surface area contributed by atoms with E-state index in [1.807, 2.05) is 0 Å². The van der Waals surface area contributed by atoms with E-state index >= 15 is 0 Å². The van der Waals surface area contributed by atoms with Gasteiger partial charge in [0.25, 0.3) is 0 Å². The van der Waals surface area contributed by atoms with E-state index in [2.05, 4.69) is 0 Å². The van der Waals surface area contributed by atoms with Crippen LogP contribution in [0.15, 0.2) is 18.2 Å². The molecule has 1 aromatic rings. The van der Waals surface area contributed by atoms with E-state index in [-0.39, 0.29) is 24.5 Å². The Kier molecular flexibility index (Phi) is 5.18. The predicted molar refractivity (Wildman–Crippen MR) is 54.6 cm³/mol. The summed E-state index contributed by atoms with van der Waals surface area (Å²) >= 11 is 0. The van der Waals surface area contributed by atoms with Gasteiger partial charge in [-0.15, -0.1) is 12.4 Å². The monoisotopic (exact) mass is 258 g/mol. The molecule has 0 spiro atoms. The van der Waals surface area contributed by atoms with Crippen molar-refractivity contribution in [3.05, 3.63) is 35.1 Å². The SMILES string of the molecule is Cl.NC[C@@H](N)c1cccc(F)c1C(F)(F)F. The molecule has 4 N–H and O–H groups in total. The van der Waals surface area contributed by atoms with Gasteiger partial charge in [-0.1, -0.05) is 12.1 Å². The molecule has 0 unspecified atom stereocenters. The van der Waals surface area contributed by atoms with Crippen molar-refractivity contribution in [2.45, 2.75) is 12.2 Å². The van der Waals surface area contributed by atoms with Gasteiger partial charge in [-0.05, 0) is 11.6 Å². The average molecular weight is 259 g/mol. The minimum atomic E-state index is -4.76. The van der Waals surface area contributed by atoms with Gasteiger partial charge in [0.1, 0.15) is 5.82 Å². The Morgan fingerprint density at radius 2 is 1.81 bits per heavy atom. The summed E-state index contributed by atoms with van der Waals surface area (Å²) in [6, 6.07) is 2.03. The molecule has 1 rings (SSSR count). The lowest BCUT2D eigenvalue weighted by molar-refractivity contribution is -0.140. The molecule has 0 heterocycles. The highest BCUT2D eigenvalue weighted by Crippen LogP contribution is 2.35. The lowest BCUT2D eigenvalue weighted by Gasteiger charge is -2.17. The first-order valence-corrected chi connectivity index (χ1v) is 4.19. The Morgan fingerprint density at radius 3 is 2.25 bits per heavy atom. The number of nitrogens with two attached hydrogens (primary N) is 2. The smallest absolute Gasteiger partial charge is 0.329 e. The van der Waals surface area contributed by atoms with Crippen molar-refractivity contribution in [2.75, 3.05) is 6.54 Å². The van der Waals surface area contributed by atoms with Crippen molar-refractivity contribution in [2.24, 2.45) is 11.5 Å². The largest absolute Gasteiger partial charge is 0.419 e. The van der Waals surface area contributed by atoms with Crippen LogP contribution >= 0.6 is 12.4 Å². The molecule has 1 aromatic carbocycles. The number of halogens is 5. The molecule has 0 aromatic heterocycles. The van der Waals surface area contributed by atoms with Gasteiger partial charge in [0.15, 0.2) is 0 Å². The van der Waals surface area contributed by atoms with Crippen molar-refractivity contribution in [3.8, 4) is 0 Å². The third-order valence-corrected chi connectivity index (χ3v) is 1.98. The predicted octanol–water partition coefficient (Wildman–Crippen LogP) is 2.22. The number of benzene rings is 1. The molecule has 0 saturated carbocycles. The van der Waals surface area contributed by atoms with Gasteiger partial charge in [-0.3, -0.25) is 0 Å². The van der Waals surface area contributed by atoms with Gasteiger partial charge in [0, 0.05) is 12.6 Å². The fourth-order valence-electron chi connectivity index (χ4n) is 1.28. The van der Waals surface area contributed by atoms with E-state index in [9.17, 15) is 17.6 Å². The summed E-state index contributed by atoms with van der Waals surface area (Å²) in [6.07, 6.45) is -4.76. The van der Waals surface area contributed by atoms with Crippen LogP contribution in [0.25, 0.3) is 0 Å². The van der Waals surface area contributed by atoms with Crippen molar-refractivity contribution in [1.82, 2.24) is 0 Å². The van der Waals surface area contributed by atoms with E-state index in [4.69, 9.17) is 11.5 Å². The van der Waals surface area contributed by atoms with Gasteiger partial charge in [0.2, 0.25) is 0 Å². The maximum atomic E-state index is 13.0. The standard InChI is InChI=1S/C9H10F4N2.ClH/c10-6-3-1-2-5(7(15)4-14)8(6)9(11,12)13;/h1-3,7H,4,14-15H2;1H/t7-;/m1./s1. The molecule has 0 aliphatic carbocycles. The molecule has 2 nitrogen and oxygen atoms in total. The Bertz CT molecular complexity index is 354. The summed E-state index contributed by atoms with van der Waals surface area (Å²) < 4.78 is 50.4. The van der Waals surface area contributed by atoms with Gasteiger partial charge < -0.3 is 11.5 Å². The summed E-state index contributed by atoms with van der Waals surface area (Å²) in [4.78, 5) is 0. The fraction of sp³-hybridized carbons (Fsp3) is 0.333. The zero-order valence-corrected chi connectivity index (χ0v) is 8.91. The minimum absolute atomic E-state index is 0. The Hall–Kier alpha value is -0.850. The Labute approximate surface area is 96.0 Å². The van der Waals surface area contributed by atoms with E-state index in [0.717, 1.165) is 12.1 Å². The lowest BCUT2D eigenvalue weighted by Crippen LogP contribution is -2.25. The molecule has 0 fully saturated rings. The van der Waals surface area contributed by atoms with Crippen LogP contribution in [0.1, 0.15) is 17.2 Å². The van der Waals surface area contributed by atoms with E-state index < -0.39 is 23.6 Å². The first kappa shape index (κ1) is 15.2. The molecular formula is C9H11ClF4N2.